The zero-order valence-electron chi connectivity index (χ0n) is 19.3. The summed E-state index contributed by atoms with van der Waals surface area (Å²) in [5, 5.41) is 0. The third-order valence-corrected chi connectivity index (χ3v) is 5.24. The van der Waals surface area contributed by atoms with Crippen LogP contribution in [-0.4, -0.2) is 48.9 Å². The van der Waals surface area contributed by atoms with Crippen LogP contribution >= 0.6 is 0 Å². The fourth-order valence-electron chi connectivity index (χ4n) is 3.56. The first kappa shape index (κ1) is 23.9. The van der Waals surface area contributed by atoms with Crippen molar-refractivity contribution < 1.29 is 23.5 Å². The maximum atomic E-state index is 13.4. The third-order valence-electron chi connectivity index (χ3n) is 5.24. The van der Waals surface area contributed by atoms with Crippen molar-refractivity contribution in [1.82, 2.24) is 9.80 Å². The Balaban J connectivity index is 1.81. The monoisotopic (exact) mass is 450 g/mol. The summed E-state index contributed by atoms with van der Waals surface area (Å²) in [5.74, 6) is 1.26. The van der Waals surface area contributed by atoms with Gasteiger partial charge in [0.1, 0.15) is 23.8 Å². The lowest BCUT2D eigenvalue weighted by atomic mass is 10.1. The zero-order valence-corrected chi connectivity index (χ0v) is 19.3. The summed E-state index contributed by atoms with van der Waals surface area (Å²) < 4.78 is 16.1. The molecule has 0 bridgehead atoms. The second kappa shape index (κ2) is 11.8. The summed E-state index contributed by atoms with van der Waals surface area (Å²) in [6, 6.07) is 18.4. The van der Waals surface area contributed by atoms with Gasteiger partial charge in [0, 0.05) is 19.2 Å². The third kappa shape index (κ3) is 6.38. The molecule has 3 aromatic rings. The van der Waals surface area contributed by atoms with Gasteiger partial charge in [0.25, 0.3) is 5.91 Å². The van der Waals surface area contributed by atoms with E-state index in [2.05, 4.69) is 0 Å². The van der Waals surface area contributed by atoms with Gasteiger partial charge < -0.3 is 23.7 Å². The van der Waals surface area contributed by atoms with Gasteiger partial charge in [0.15, 0.2) is 0 Å². The molecule has 0 N–H and O–H groups in total. The molecule has 0 aliphatic carbocycles. The van der Waals surface area contributed by atoms with Gasteiger partial charge in [-0.25, -0.2) is 0 Å². The molecule has 2 aromatic carbocycles. The molecule has 7 heteroatoms. The summed E-state index contributed by atoms with van der Waals surface area (Å²) in [4.78, 5) is 30.0. The molecule has 174 valence electrons. The lowest BCUT2D eigenvalue weighted by molar-refractivity contribution is -0.133. The minimum atomic E-state index is -0.262. The quantitative estimate of drug-likeness (QED) is 0.434. The molecule has 0 atom stereocenters. The second-order valence-corrected chi connectivity index (χ2v) is 7.61. The number of carbonyl (C=O) groups excluding carboxylic acids is 2. The molecule has 33 heavy (non-hydrogen) atoms. The molecule has 0 unspecified atom stereocenters. The molecule has 2 amide bonds. The molecule has 0 fully saturated rings. The molecule has 0 saturated carbocycles. The standard InChI is InChI=1S/C26H30N2O5/c1-4-14-27(26(30)23-13-12-21(31-2)16-24(23)32-3)19-25(29)28(18-22-11-8-15-33-22)17-20-9-6-5-7-10-20/h5-13,15-16H,4,14,17-19H2,1-3H3. The highest BCUT2D eigenvalue weighted by Crippen LogP contribution is 2.26. The number of rotatable bonds is 11. The highest BCUT2D eigenvalue weighted by Gasteiger charge is 2.25. The SMILES string of the molecule is CCCN(CC(=O)N(Cc1ccccc1)Cc1ccco1)C(=O)c1ccc(OC)cc1OC. The Kier molecular flexibility index (Phi) is 8.52. The molecule has 1 aromatic heterocycles. The highest BCUT2D eigenvalue weighted by molar-refractivity contribution is 5.99. The van der Waals surface area contributed by atoms with Crippen molar-refractivity contribution in [1.29, 1.82) is 0 Å². The normalized spacial score (nSPS) is 10.5. The summed E-state index contributed by atoms with van der Waals surface area (Å²) in [7, 11) is 3.06. The van der Waals surface area contributed by atoms with Crippen LogP contribution in [0.3, 0.4) is 0 Å². The Hall–Kier alpha value is -3.74. The van der Waals surface area contributed by atoms with Gasteiger partial charge in [-0.15, -0.1) is 0 Å². The largest absolute Gasteiger partial charge is 0.497 e. The fraction of sp³-hybridized carbons (Fsp3) is 0.308. The number of amides is 2. The van der Waals surface area contributed by atoms with Gasteiger partial charge >= 0.3 is 0 Å². The van der Waals surface area contributed by atoms with Crippen molar-refractivity contribution in [3.05, 3.63) is 83.8 Å². The van der Waals surface area contributed by atoms with Gasteiger partial charge in [-0.3, -0.25) is 9.59 Å². The molecular formula is C26H30N2O5. The Labute approximate surface area is 194 Å². The number of ether oxygens (including phenoxy) is 2. The molecule has 0 radical (unpaired) electrons. The second-order valence-electron chi connectivity index (χ2n) is 7.61. The van der Waals surface area contributed by atoms with Gasteiger partial charge in [0.2, 0.25) is 5.91 Å². The van der Waals surface area contributed by atoms with Crippen LogP contribution in [0.1, 0.15) is 35.0 Å². The lowest BCUT2D eigenvalue weighted by Gasteiger charge is -2.27. The topological polar surface area (TPSA) is 72.2 Å². The summed E-state index contributed by atoms with van der Waals surface area (Å²) in [6.07, 6.45) is 2.30. The van der Waals surface area contributed by atoms with E-state index < -0.39 is 0 Å². The minimum Gasteiger partial charge on any atom is -0.497 e. The van der Waals surface area contributed by atoms with Crippen LogP contribution in [0.5, 0.6) is 11.5 Å². The van der Waals surface area contributed by atoms with Gasteiger partial charge in [-0.1, -0.05) is 37.3 Å². The van der Waals surface area contributed by atoms with Crippen molar-refractivity contribution in [2.24, 2.45) is 0 Å². The fourth-order valence-corrected chi connectivity index (χ4v) is 3.56. The van der Waals surface area contributed by atoms with E-state index in [1.165, 1.54) is 7.11 Å². The maximum absolute atomic E-state index is 13.4. The van der Waals surface area contributed by atoms with Crippen LogP contribution in [-0.2, 0) is 17.9 Å². The van der Waals surface area contributed by atoms with E-state index >= 15 is 0 Å². The molecule has 7 nitrogen and oxygen atoms in total. The Morgan fingerprint density at radius 1 is 0.909 bits per heavy atom. The summed E-state index contributed by atoms with van der Waals surface area (Å²) in [6.45, 7) is 3.11. The van der Waals surface area contributed by atoms with Crippen LogP contribution in [0.2, 0.25) is 0 Å². The first-order chi connectivity index (χ1) is 16.0. The van der Waals surface area contributed by atoms with Crippen LogP contribution < -0.4 is 9.47 Å². The number of methoxy groups -OCH3 is 2. The molecule has 3 rings (SSSR count). The average Bonchev–Trinajstić information content (AvgIpc) is 3.36. The highest BCUT2D eigenvalue weighted by atomic mass is 16.5. The summed E-state index contributed by atoms with van der Waals surface area (Å²) in [5.41, 5.74) is 1.39. The number of benzene rings is 2. The Morgan fingerprint density at radius 3 is 2.33 bits per heavy atom. The van der Waals surface area contributed by atoms with Crippen molar-refractivity contribution in [3.8, 4) is 11.5 Å². The van der Waals surface area contributed by atoms with Crippen molar-refractivity contribution in [2.45, 2.75) is 26.4 Å². The Bertz CT molecular complexity index is 1030. The molecule has 0 aliphatic rings. The van der Waals surface area contributed by atoms with E-state index in [0.717, 1.165) is 5.56 Å². The maximum Gasteiger partial charge on any atom is 0.258 e. The van der Waals surface area contributed by atoms with Gasteiger partial charge in [-0.05, 0) is 36.2 Å². The van der Waals surface area contributed by atoms with E-state index in [0.29, 0.717) is 48.9 Å². The predicted molar refractivity (Wildman–Crippen MR) is 125 cm³/mol. The first-order valence-corrected chi connectivity index (χ1v) is 10.9. The number of nitrogens with zero attached hydrogens (tertiary/aromatic N) is 2. The van der Waals surface area contributed by atoms with Crippen LogP contribution in [0.15, 0.2) is 71.3 Å². The van der Waals surface area contributed by atoms with E-state index in [-0.39, 0.29) is 18.4 Å². The van der Waals surface area contributed by atoms with E-state index in [1.807, 2.05) is 43.3 Å². The first-order valence-electron chi connectivity index (χ1n) is 10.9. The molecular weight excluding hydrogens is 420 g/mol. The number of carbonyl (C=O) groups is 2. The molecule has 0 saturated heterocycles. The summed E-state index contributed by atoms with van der Waals surface area (Å²) >= 11 is 0. The predicted octanol–water partition coefficient (Wildman–Crippen LogP) is 4.38. The minimum absolute atomic E-state index is 0.0462. The Morgan fingerprint density at radius 2 is 1.70 bits per heavy atom. The number of hydrogen-bond acceptors (Lipinski definition) is 5. The number of hydrogen-bond donors (Lipinski definition) is 0. The average molecular weight is 451 g/mol. The van der Waals surface area contributed by atoms with Crippen molar-refractivity contribution in [2.75, 3.05) is 27.3 Å². The number of furan rings is 1. The lowest BCUT2D eigenvalue weighted by Crippen LogP contribution is -2.42. The van der Waals surface area contributed by atoms with Crippen molar-refractivity contribution in [3.63, 3.8) is 0 Å². The van der Waals surface area contributed by atoms with Crippen LogP contribution in [0, 0.1) is 0 Å². The molecule has 0 aliphatic heterocycles. The zero-order chi connectivity index (χ0) is 23.6. The van der Waals surface area contributed by atoms with Crippen LogP contribution in [0.25, 0.3) is 0 Å². The molecule has 1 heterocycles. The smallest absolute Gasteiger partial charge is 0.258 e. The van der Waals surface area contributed by atoms with E-state index in [1.54, 1.807) is 47.4 Å². The van der Waals surface area contributed by atoms with E-state index in [9.17, 15) is 9.59 Å². The van der Waals surface area contributed by atoms with Gasteiger partial charge in [-0.2, -0.15) is 0 Å². The van der Waals surface area contributed by atoms with Crippen LogP contribution in [0.4, 0.5) is 0 Å². The van der Waals surface area contributed by atoms with E-state index in [4.69, 9.17) is 13.9 Å². The van der Waals surface area contributed by atoms with Gasteiger partial charge in [0.05, 0.1) is 32.6 Å². The van der Waals surface area contributed by atoms with Crippen molar-refractivity contribution >= 4 is 11.8 Å². The molecule has 0 spiro atoms.